The Balaban J connectivity index is 1.57. The van der Waals surface area contributed by atoms with Gasteiger partial charge < -0.3 is 15.1 Å². The van der Waals surface area contributed by atoms with Crippen LogP contribution in [0.2, 0.25) is 5.02 Å². The van der Waals surface area contributed by atoms with Crippen LogP contribution in [-0.2, 0) is 0 Å². The Morgan fingerprint density at radius 3 is 2.39 bits per heavy atom. The fourth-order valence-corrected chi connectivity index (χ4v) is 2.86. The molecule has 1 heterocycles. The molecule has 0 saturated carbocycles. The summed E-state index contributed by atoms with van der Waals surface area (Å²) in [6.45, 7) is 5.04. The summed E-state index contributed by atoms with van der Waals surface area (Å²) in [6.07, 6.45) is 0. The first-order chi connectivity index (χ1) is 11.1. The predicted molar refractivity (Wildman–Crippen MR) is 95.4 cm³/mol. The first-order valence-electron chi connectivity index (χ1n) is 7.75. The van der Waals surface area contributed by atoms with E-state index in [-0.39, 0.29) is 6.03 Å². The summed E-state index contributed by atoms with van der Waals surface area (Å²) in [5.74, 6) is 0. The Bertz CT molecular complexity index is 682. The van der Waals surface area contributed by atoms with Crippen LogP contribution in [0.15, 0.2) is 48.5 Å². The molecule has 0 atom stereocenters. The van der Waals surface area contributed by atoms with E-state index in [4.69, 9.17) is 11.6 Å². The number of hydrogen-bond acceptors (Lipinski definition) is 2. The lowest BCUT2D eigenvalue weighted by atomic mass is 10.2. The smallest absolute Gasteiger partial charge is 0.321 e. The van der Waals surface area contributed by atoms with Crippen molar-refractivity contribution in [2.45, 2.75) is 6.92 Å². The second-order valence-corrected chi connectivity index (χ2v) is 6.11. The number of aryl methyl sites for hydroxylation is 1. The molecule has 1 fully saturated rings. The van der Waals surface area contributed by atoms with Gasteiger partial charge in [0.25, 0.3) is 0 Å². The number of urea groups is 1. The van der Waals surface area contributed by atoms with Crippen LogP contribution in [0.25, 0.3) is 0 Å². The molecule has 0 aromatic heterocycles. The number of nitrogens with one attached hydrogen (secondary N) is 1. The minimum Gasteiger partial charge on any atom is -0.368 e. The molecule has 2 aromatic carbocycles. The third-order valence-electron chi connectivity index (χ3n) is 4.11. The van der Waals surface area contributed by atoms with Gasteiger partial charge in [-0.15, -0.1) is 0 Å². The molecule has 5 heteroatoms. The normalized spacial score (nSPS) is 14.7. The van der Waals surface area contributed by atoms with Gasteiger partial charge in [0.1, 0.15) is 0 Å². The minimum atomic E-state index is -0.0716. The summed E-state index contributed by atoms with van der Waals surface area (Å²) in [5, 5.41) is 3.58. The quantitative estimate of drug-likeness (QED) is 0.903. The van der Waals surface area contributed by atoms with Crippen molar-refractivity contribution in [3.63, 3.8) is 0 Å². The molecular formula is C18H20ClN3O. The molecule has 2 amide bonds. The Morgan fingerprint density at radius 2 is 1.74 bits per heavy atom. The molecule has 0 unspecified atom stereocenters. The van der Waals surface area contributed by atoms with Crippen LogP contribution in [-0.4, -0.2) is 37.1 Å². The van der Waals surface area contributed by atoms with Crippen molar-refractivity contribution >= 4 is 29.0 Å². The molecule has 120 valence electrons. The highest BCUT2D eigenvalue weighted by Gasteiger charge is 2.21. The third kappa shape index (κ3) is 3.77. The predicted octanol–water partition coefficient (Wildman–Crippen LogP) is 4.00. The first kappa shape index (κ1) is 15.7. The second kappa shape index (κ2) is 6.92. The zero-order valence-corrected chi connectivity index (χ0v) is 13.9. The van der Waals surface area contributed by atoms with E-state index in [2.05, 4.69) is 22.3 Å². The number of piperazine rings is 1. The summed E-state index contributed by atoms with van der Waals surface area (Å²) in [7, 11) is 0. The molecule has 1 aliphatic heterocycles. The Hall–Kier alpha value is -2.20. The van der Waals surface area contributed by atoms with Crippen LogP contribution in [0.1, 0.15) is 5.56 Å². The molecule has 1 aliphatic rings. The molecule has 23 heavy (non-hydrogen) atoms. The summed E-state index contributed by atoms with van der Waals surface area (Å²) in [6, 6.07) is 15.8. The van der Waals surface area contributed by atoms with Crippen molar-refractivity contribution in [1.29, 1.82) is 0 Å². The van der Waals surface area contributed by atoms with Gasteiger partial charge in [-0.2, -0.15) is 0 Å². The summed E-state index contributed by atoms with van der Waals surface area (Å²) in [5.41, 5.74) is 2.94. The maximum Gasteiger partial charge on any atom is 0.321 e. The summed E-state index contributed by atoms with van der Waals surface area (Å²) in [4.78, 5) is 16.5. The fourth-order valence-electron chi connectivity index (χ4n) is 2.68. The molecule has 1 N–H and O–H groups in total. The van der Waals surface area contributed by atoms with Gasteiger partial charge >= 0.3 is 6.03 Å². The van der Waals surface area contributed by atoms with Gasteiger partial charge in [-0.05, 0) is 36.8 Å². The molecule has 1 saturated heterocycles. The van der Waals surface area contributed by atoms with Gasteiger partial charge in [-0.1, -0.05) is 35.9 Å². The average Bonchev–Trinajstić information content (AvgIpc) is 2.59. The average molecular weight is 330 g/mol. The lowest BCUT2D eigenvalue weighted by Crippen LogP contribution is -2.50. The first-order valence-corrected chi connectivity index (χ1v) is 8.13. The van der Waals surface area contributed by atoms with Gasteiger partial charge in [0.2, 0.25) is 0 Å². The summed E-state index contributed by atoms with van der Waals surface area (Å²) < 4.78 is 0. The van der Waals surface area contributed by atoms with Gasteiger partial charge in [0.05, 0.1) is 0 Å². The molecular weight excluding hydrogens is 310 g/mol. The summed E-state index contributed by atoms with van der Waals surface area (Å²) >= 11 is 6.10. The van der Waals surface area contributed by atoms with E-state index in [9.17, 15) is 4.79 Å². The number of hydrogen-bond donors (Lipinski definition) is 1. The number of halogens is 1. The van der Waals surface area contributed by atoms with Crippen molar-refractivity contribution in [1.82, 2.24) is 4.90 Å². The van der Waals surface area contributed by atoms with Gasteiger partial charge in [0.15, 0.2) is 0 Å². The van der Waals surface area contributed by atoms with E-state index < -0.39 is 0 Å². The maximum atomic E-state index is 12.4. The van der Waals surface area contributed by atoms with Gasteiger partial charge in [-0.25, -0.2) is 4.79 Å². The highest BCUT2D eigenvalue weighted by Crippen LogP contribution is 2.21. The molecule has 0 aliphatic carbocycles. The van der Waals surface area contributed by atoms with Crippen LogP contribution in [0.4, 0.5) is 16.2 Å². The number of carbonyl (C=O) groups is 1. The van der Waals surface area contributed by atoms with Crippen LogP contribution < -0.4 is 10.2 Å². The second-order valence-electron chi connectivity index (χ2n) is 5.70. The Morgan fingerprint density at radius 1 is 1.04 bits per heavy atom. The number of para-hydroxylation sites is 1. The van der Waals surface area contributed by atoms with Gasteiger partial charge in [0, 0.05) is 42.6 Å². The number of carbonyl (C=O) groups excluding carboxylic acids is 1. The lowest BCUT2D eigenvalue weighted by Gasteiger charge is -2.36. The fraction of sp³-hybridized carbons (Fsp3) is 0.278. The van der Waals surface area contributed by atoms with Crippen molar-refractivity contribution in [3.8, 4) is 0 Å². The number of rotatable bonds is 2. The van der Waals surface area contributed by atoms with Crippen LogP contribution in [0.3, 0.4) is 0 Å². The van der Waals surface area contributed by atoms with E-state index in [1.54, 1.807) is 6.07 Å². The SMILES string of the molecule is Cc1ccc(NC(=O)N2CCN(c3ccccc3)CC2)cc1Cl. The number of amides is 2. The monoisotopic (exact) mass is 329 g/mol. The Kier molecular flexibility index (Phi) is 4.72. The third-order valence-corrected chi connectivity index (χ3v) is 4.52. The van der Waals surface area contributed by atoms with E-state index in [1.807, 2.05) is 42.2 Å². The maximum absolute atomic E-state index is 12.4. The highest BCUT2D eigenvalue weighted by molar-refractivity contribution is 6.31. The molecule has 2 aromatic rings. The van der Waals surface area contributed by atoms with E-state index in [0.717, 1.165) is 24.3 Å². The number of benzene rings is 2. The standard InChI is InChI=1S/C18H20ClN3O/c1-14-7-8-15(13-17(14)19)20-18(23)22-11-9-21(10-12-22)16-5-3-2-4-6-16/h2-8,13H,9-12H2,1H3,(H,20,23). The highest BCUT2D eigenvalue weighted by atomic mass is 35.5. The molecule has 0 bridgehead atoms. The zero-order valence-electron chi connectivity index (χ0n) is 13.1. The molecule has 0 radical (unpaired) electrons. The van der Waals surface area contributed by atoms with E-state index in [1.165, 1.54) is 5.69 Å². The minimum absolute atomic E-state index is 0.0716. The van der Waals surface area contributed by atoms with Crippen LogP contribution >= 0.6 is 11.6 Å². The largest absolute Gasteiger partial charge is 0.368 e. The topological polar surface area (TPSA) is 35.6 Å². The van der Waals surface area contributed by atoms with Crippen molar-refractivity contribution in [2.75, 3.05) is 36.4 Å². The molecule has 3 rings (SSSR count). The molecule has 4 nitrogen and oxygen atoms in total. The number of anilines is 2. The van der Waals surface area contributed by atoms with Crippen LogP contribution in [0, 0.1) is 6.92 Å². The van der Waals surface area contributed by atoms with Crippen LogP contribution in [0.5, 0.6) is 0 Å². The number of nitrogens with zero attached hydrogens (tertiary/aromatic N) is 2. The van der Waals surface area contributed by atoms with Crippen molar-refractivity contribution < 1.29 is 4.79 Å². The van der Waals surface area contributed by atoms with Gasteiger partial charge in [-0.3, -0.25) is 0 Å². The lowest BCUT2D eigenvalue weighted by molar-refractivity contribution is 0.208. The van der Waals surface area contributed by atoms with E-state index in [0.29, 0.717) is 18.1 Å². The van der Waals surface area contributed by atoms with E-state index >= 15 is 0 Å². The molecule has 0 spiro atoms. The van der Waals surface area contributed by atoms with Crippen molar-refractivity contribution in [2.24, 2.45) is 0 Å². The zero-order chi connectivity index (χ0) is 16.2. The Labute approximate surface area is 141 Å². The van der Waals surface area contributed by atoms with Crippen molar-refractivity contribution in [3.05, 3.63) is 59.1 Å².